The molecule has 1 rings (SSSR count). The van der Waals surface area contributed by atoms with E-state index < -0.39 is 0 Å². The zero-order chi connectivity index (χ0) is 10.6. The van der Waals surface area contributed by atoms with Crippen LogP contribution in [0.2, 0.25) is 0 Å². The summed E-state index contributed by atoms with van der Waals surface area (Å²) in [6.45, 7) is 6.31. The molecular formula is C12H16FO. The maximum atomic E-state index is 13.6. The van der Waals surface area contributed by atoms with E-state index >= 15 is 0 Å². The van der Waals surface area contributed by atoms with Gasteiger partial charge in [0.05, 0.1) is 0 Å². The lowest BCUT2D eigenvalue weighted by atomic mass is 9.96. The summed E-state index contributed by atoms with van der Waals surface area (Å²) in [5, 5.41) is 0. The van der Waals surface area contributed by atoms with Gasteiger partial charge >= 0.3 is 0 Å². The molecule has 1 unspecified atom stereocenters. The fourth-order valence-electron chi connectivity index (χ4n) is 1.40. The van der Waals surface area contributed by atoms with Crippen molar-refractivity contribution in [2.24, 2.45) is 0 Å². The van der Waals surface area contributed by atoms with Gasteiger partial charge in [0.2, 0.25) is 0 Å². The third kappa shape index (κ3) is 2.55. The van der Waals surface area contributed by atoms with Gasteiger partial charge in [0.25, 0.3) is 0 Å². The van der Waals surface area contributed by atoms with Crippen molar-refractivity contribution >= 4 is 0 Å². The molecule has 0 fully saturated rings. The van der Waals surface area contributed by atoms with Crippen molar-refractivity contribution in [3.05, 3.63) is 42.1 Å². The van der Waals surface area contributed by atoms with E-state index in [1.165, 1.54) is 0 Å². The number of methoxy groups -OCH3 is 1. The third-order valence-corrected chi connectivity index (χ3v) is 2.33. The van der Waals surface area contributed by atoms with Crippen molar-refractivity contribution in [2.75, 3.05) is 13.7 Å². The lowest BCUT2D eigenvalue weighted by molar-refractivity contribution is 0.191. The van der Waals surface area contributed by atoms with Crippen LogP contribution in [0.5, 0.6) is 0 Å². The van der Waals surface area contributed by atoms with Crippen LogP contribution in [0.25, 0.3) is 0 Å². The first-order valence-electron chi connectivity index (χ1n) is 4.74. The minimum Gasteiger partial charge on any atom is -0.385 e. The summed E-state index contributed by atoms with van der Waals surface area (Å²) in [6, 6.07) is 5.41. The molecule has 0 aliphatic carbocycles. The molecule has 0 aliphatic rings. The fraction of sp³-hybridized carbons (Fsp3) is 0.417. The topological polar surface area (TPSA) is 9.23 Å². The summed E-state index contributed by atoms with van der Waals surface area (Å²) >= 11 is 0. The summed E-state index contributed by atoms with van der Waals surface area (Å²) < 4.78 is 18.5. The first-order valence-corrected chi connectivity index (χ1v) is 4.74. The molecule has 1 nitrogen and oxygen atoms in total. The minimum absolute atomic E-state index is 0.0325. The molecule has 1 aromatic rings. The Hall–Kier alpha value is -0.890. The van der Waals surface area contributed by atoms with Gasteiger partial charge in [-0.15, -0.1) is 0 Å². The van der Waals surface area contributed by atoms with Gasteiger partial charge in [-0.25, -0.2) is 4.39 Å². The molecule has 2 heteroatoms. The van der Waals surface area contributed by atoms with Crippen LogP contribution < -0.4 is 0 Å². The average molecular weight is 195 g/mol. The Bertz CT molecular complexity index is 296. The van der Waals surface area contributed by atoms with Crippen LogP contribution in [-0.4, -0.2) is 13.7 Å². The molecular weight excluding hydrogens is 179 g/mol. The minimum atomic E-state index is -0.136. The van der Waals surface area contributed by atoms with E-state index in [0.29, 0.717) is 17.7 Å². The number of ether oxygens (including phenoxy) is 1. The van der Waals surface area contributed by atoms with Crippen molar-refractivity contribution in [1.82, 2.24) is 0 Å². The second-order valence-corrected chi connectivity index (χ2v) is 3.46. The van der Waals surface area contributed by atoms with Gasteiger partial charge in [0, 0.05) is 13.7 Å². The Kier molecular flexibility index (Phi) is 4.08. The molecule has 1 atom stereocenters. The van der Waals surface area contributed by atoms with E-state index in [0.717, 1.165) is 6.42 Å². The summed E-state index contributed by atoms with van der Waals surface area (Å²) in [7, 11) is 1.64. The highest BCUT2D eigenvalue weighted by atomic mass is 19.1. The molecule has 77 valence electrons. The van der Waals surface area contributed by atoms with E-state index in [1.807, 2.05) is 6.07 Å². The van der Waals surface area contributed by atoms with Crippen molar-refractivity contribution in [3.63, 3.8) is 0 Å². The molecule has 0 amide bonds. The second kappa shape index (κ2) is 5.11. The Balaban J connectivity index is 2.79. The molecule has 0 aromatic heterocycles. The van der Waals surface area contributed by atoms with E-state index in [1.54, 1.807) is 26.2 Å². The van der Waals surface area contributed by atoms with Crippen molar-refractivity contribution < 1.29 is 9.13 Å². The van der Waals surface area contributed by atoms with Gasteiger partial charge in [-0.1, -0.05) is 18.2 Å². The number of halogens is 1. The molecule has 0 saturated heterocycles. The third-order valence-electron chi connectivity index (χ3n) is 2.33. The van der Waals surface area contributed by atoms with Crippen LogP contribution in [-0.2, 0) is 4.74 Å². The zero-order valence-corrected chi connectivity index (χ0v) is 8.72. The molecule has 0 aliphatic heterocycles. The number of aryl methyl sites for hydroxylation is 1. The lowest BCUT2D eigenvalue weighted by Crippen LogP contribution is -2.02. The van der Waals surface area contributed by atoms with Crippen LogP contribution in [0.3, 0.4) is 0 Å². The largest absolute Gasteiger partial charge is 0.385 e. The van der Waals surface area contributed by atoms with E-state index in [4.69, 9.17) is 4.74 Å². The zero-order valence-electron chi connectivity index (χ0n) is 8.72. The number of hydrogen-bond donors (Lipinski definition) is 0. The Morgan fingerprint density at radius 2 is 2.21 bits per heavy atom. The standard InChI is InChI=1S/C12H16FO/c1-9(7-8-14-3)11-6-4-5-10(2)12(11)13/h4-6,9H,1,7-8H2,2-3H3. The number of rotatable bonds is 4. The highest BCUT2D eigenvalue weighted by Crippen LogP contribution is 2.23. The maximum Gasteiger partial charge on any atom is 0.129 e. The quantitative estimate of drug-likeness (QED) is 0.717. The maximum absolute atomic E-state index is 13.6. The van der Waals surface area contributed by atoms with Gasteiger partial charge < -0.3 is 4.74 Å². The summed E-state index contributed by atoms with van der Waals surface area (Å²) in [5.41, 5.74) is 1.36. The molecule has 0 spiro atoms. The van der Waals surface area contributed by atoms with Crippen LogP contribution in [0.1, 0.15) is 23.5 Å². The average Bonchev–Trinajstić information content (AvgIpc) is 2.18. The van der Waals surface area contributed by atoms with Gasteiger partial charge in [0.1, 0.15) is 5.82 Å². The fourth-order valence-corrected chi connectivity index (χ4v) is 1.40. The monoisotopic (exact) mass is 195 g/mol. The Morgan fingerprint density at radius 3 is 2.86 bits per heavy atom. The molecule has 1 radical (unpaired) electrons. The van der Waals surface area contributed by atoms with Crippen molar-refractivity contribution in [1.29, 1.82) is 0 Å². The first kappa shape index (κ1) is 11.2. The number of benzene rings is 1. The van der Waals surface area contributed by atoms with Crippen LogP contribution in [0, 0.1) is 19.7 Å². The van der Waals surface area contributed by atoms with E-state index in [9.17, 15) is 4.39 Å². The Morgan fingerprint density at radius 1 is 1.50 bits per heavy atom. The Labute approximate surface area is 84.9 Å². The molecule has 14 heavy (non-hydrogen) atoms. The van der Waals surface area contributed by atoms with Crippen molar-refractivity contribution in [2.45, 2.75) is 19.3 Å². The molecule has 0 bridgehead atoms. The molecule has 0 saturated carbocycles. The molecule has 0 heterocycles. The predicted octanol–water partition coefficient (Wildman–Crippen LogP) is 3.09. The highest BCUT2D eigenvalue weighted by molar-refractivity contribution is 5.28. The van der Waals surface area contributed by atoms with Crippen LogP contribution >= 0.6 is 0 Å². The van der Waals surface area contributed by atoms with Gasteiger partial charge in [-0.2, -0.15) is 0 Å². The second-order valence-electron chi connectivity index (χ2n) is 3.46. The highest BCUT2D eigenvalue weighted by Gasteiger charge is 2.11. The smallest absolute Gasteiger partial charge is 0.129 e. The lowest BCUT2D eigenvalue weighted by Gasteiger charge is -2.13. The first-order chi connectivity index (χ1) is 6.66. The normalized spacial score (nSPS) is 12.9. The molecule has 1 aromatic carbocycles. The van der Waals surface area contributed by atoms with Gasteiger partial charge in [0.15, 0.2) is 0 Å². The number of hydrogen-bond acceptors (Lipinski definition) is 1. The van der Waals surface area contributed by atoms with E-state index in [2.05, 4.69) is 6.92 Å². The molecule has 0 N–H and O–H groups in total. The summed E-state index contributed by atoms with van der Waals surface area (Å²) in [6.07, 6.45) is 0.747. The predicted molar refractivity (Wildman–Crippen MR) is 55.7 cm³/mol. The summed E-state index contributed by atoms with van der Waals surface area (Å²) in [4.78, 5) is 0. The van der Waals surface area contributed by atoms with Gasteiger partial charge in [-0.3, -0.25) is 0 Å². The van der Waals surface area contributed by atoms with Crippen molar-refractivity contribution in [3.8, 4) is 0 Å². The van der Waals surface area contributed by atoms with Crippen LogP contribution in [0.4, 0.5) is 4.39 Å². The van der Waals surface area contributed by atoms with Gasteiger partial charge in [-0.05, 0) is 37.3 Å². The van der Waals surface area contributed by atoms with Crippen LogP contribution in [0.15, 0.2) is 18.2 Å². The van der Waals surface area contributed by atoms with E-state index in [-0.39, 0.29) is 11.7 Å². The SMILES string of the molecule is [CH2]C(CCOC)c1cccc(C)c1F. The summed E-state index contributed by atoms with van der Waals surface area (Å²) in [5.74, 6) is -0.168.